The highest BCUT2D eigenvalue weighted by Gasteiger charge is 2.26. The van der Waals surface area contributed by atoms with E-state index in [1.807, 2.05) is 0 Å². The fourth-order valence-corrected chi connectivity index (χ4v) is 3.25. The Morgan fingerprint density at radius 2 is 1.22 bits per heavy atom. The maximum absolute atomic E-state index is 12.7. The molecule has 0 fully saturated rings. The highest BCUT2D eigenvalue weighted by Crippen LogP contribution is 2.47. The van der Waals surface area contributed by atoms with Crippen molar-refractivity contribution in [3.8, 4) is 17.2 Å². The molecule has 3 N–H and O–H groups in total. The summed E-state index contributed by atoms with van der Waals surface area (Å²) in [5, 5.41) is 28.1. The van der Waals surface area contributed by atoms with E-state index in [2.05, 4.69) is 0 Å². The molecule has 3 rings (SSSR count). The molecule has 0 saturated heterocycles. The van der Waals surface area contributed by atoms with Gasteiger partial charge in [-0.05, 0) is 12.5 Å². The molecule has 120 valence electrons. The molecule has 0 aliphatic carbocycles. The van der Waals surface area contributed by atoms with Gasteiger partial charge in [-0.15, -0.1) is 0 Å². The van der Waals surface area contributed by atoms with Gasteiger partial charge in [0.05, 0.1) is 10.4 Å². The topological polar surface area (TPSA) is 90.9 Å². The summed E-state index contributed by atoms with van der Waals surface area (Å²) in [6.07, 6.45) is 0. The van der Waals surface area contributed by atoms with E-state index in [1.165, 1.54) is 6.92 Å². The molecule has 0 saturated carbocycles. The molecule has 1 aromatic heterocycles. The van der Waals surface area contributed by atoms with Crippen molar-refractivity contribution in [3.63, 3.8) is 0 Å². The van der Waals surface area contributed by atoms with Gasteiger partial charge in [0.1, 0.15) is 20.5 Å². The predicted octanol–water partition coefficient (Wildman–Crippen LogP) is 4.99. The molecule has 0 amide bonds. The van der Waals surface area contributed by atoms with Crippen LogP contribution in [0.15, 0.2) is 9.21 Å². The van der Waals surface area contributed by atoms with Crippen LogP contribution in [0.4, 0.5) is 0 Å². The Bertz CT molecular complexity index is 990. The number of fused-ring (bicyclic) bond motifs is 2. The third-order valence-electron chi connectivity index (χ3n) is 3.49. The second kappa shape index (κ2) is 5.24. The van der Waals surface area contributed by atoms with Gasteiger partial charge in [-0.1, -0.05) is 46.4 Å². The standard InChI is InChI=1S/C14H6Cl4O5/c1-2-3-9(19)4-10(20)6(16)12(22)8(18)14(4)23-13(3)7(17)11(21)5(2)15/h20-22H,1H3. The van der Waals surface area contributed by atoms with Crippen LogP contribution < -0.4 is 5.43 Å². The van der Waals surface area contributed by atoms with E-state index in [9.17, 15) is 20.1 Å². The second-order valence-electron chi connectivity index (χ2n) is 4.77. The molecule has 0 radical (unpaired) electrons. The lowest BCUT2D eigenvalue weighted by Crippen LogP contribution is -2.06. The maximum Gasteiger partial charge on any atom is 0.204 e. The van der Waals surface area contributed by atoms with Crippen LogP contribution in [-0.4, -0.2) is 15.3 Å². The molecule has 0 aliphatic heterocycles. The van der Waals surface area contributed by atoms with Gasteiger partial charge in [0.25, 0.3) is 0 Å². The smallest absolute Gasteiger partial charge is 0.204 e. The molecule has 0 spiro atoms. The molecular formula is C14H6Cl4O5. The molecule has 0 atom stereocenters. The summed E-state index contributed by atoms with van der Waals surface area (Å²) in [5.74, 6) is -1.79. The summed E-state index contributed by atoms with van der Waals surface area (Å²) < 4.78 is 5.46. The third-order valence-corrected chi connectivity index (χ3v) is 5.01. The first kappa shape index (κ1) is 16.3. The summed E-state index contributed by atoms with van der Waals surface area (Å²) in [6.45, 7) is 1.48. The Morgan fingerprint density at radius 1 is 0.739 bits per heavy atom. The van der Waals surface area contributed by atoms with Crippen LogP contribution in [0.5, 0.6) is 17.2 Å². The van der Waals surface area contributed by atoms with Crippen molar-refractivity contribution in [1.82, 2.24) is 0 Å². The maximum atomic E-state index is 12.7. The van der Waals surface area contributed by atoms with E-state index >= 15 is 0 Å². The number of benzene rings is 2. The Morgan fingerprint density at radius 3 is 1.78 bits per heavy atom. The van der Waals surface area contributed by atoms with Gasteiger partial charge in [0, 0.05) is 0 Å². The monoisotopic (exact) mass is 394 g/mol. The van der Waals surface area contributed by atoms with Crippen molar-refractivity contribution in [2.24, 2.45) is 0 Å². The Hall–Kier alpha value is -1.53. The number of phenols is 3. The van der Waals surface area contributed by atoms with Gasteiger partial charge < -0.3 is 19.7 Å². The molecule has 23 heavy (non-hydrogen) atoms. The normalized spacial score (nSPS) is 11.5. The number of rotatable bonds is 0. The van der Waals surface area contributed by atoms with E-state index in [1.54, 1.807) is 0 Å². The summed E-state index contributed by atoms with van der Waals surface area (Å²) in [5.41, 5.74) is -0.985. The third kappa shape index (κ3) is 2.04. The van der Waals surface area contributed by atoms with Crippen LogP contribution in [-0.2, 0) is 0 Å². The molecule has 0 unspecified atom stereocenters. The van der Waals surface area contributed by atoms with Gasteiger partial charge in [0.2, 0.25) is 5.43 Å². The minimum absolute atomic E-state index is 0.0431. The van der Waals surface area contributed by atoms with Crippen LogP contribution in [0.3, 0.4) is 0 Å². The first-order valence-electron chi connectivity index (χ1n) is 6.04. The van der Waals surface area contributed by atoms with Gasteiger partial charge in [-0.3, -0.25) is 4.79 Å². The zero-order chi connectivity index (χ0) is 17.2. The number of phenolic OH excluding ortho intramolecular Hbond substituents is 3. The number of aryl methyl sites for hydroxylation is 1. The average Bonchev–Trinajstić information content (AvgIpc) is 2.53. The number of halogens is 4. The molecule has 5 nitrogen and oxygen atoms in total. The van der Waals surface area contributed by atoms with Crippen molar-refractivity contribution in [3.05, 3.63) is 35.9 Å². The van der Waals surface area contributed by atoms with Gasteiger partial charge in [-0.2, -0.15) is 0 Å². The Kier molecular flexibility index (Phi) is 3.72. The minimum atomic E-state index is -0.705. The van der Waals surface area contributed by atoms with E-state index in [0.29, 0.717) is 0 Å². The average molecular weight is 396 g/mol. The lowest BCUT2D eigenvalue weighted by molar-refractivity contribution is 0.453. The first-order chi connectivity index (χ1) is 10.7. The largest absolute Gasteiger partial charge is 0.505 e. The quantitative estimate of drug-likeness (QED) is 0.466. The summed E-state index contributed by atoms with van der Waals surface area (Å²) >= 11 is 23.6. The number of aromatic hydroxyl groups is 3. The van der Waals surface area contributed by atoms with Crippen LogP contribution in [0.2, 0.25) is 20.1 Å². The predicted molar refractivity (Wildman–Crippen MR) is 89.8 cm³/mol. The van der Waals surface area contributed by atoms with Crippen molar-refractivity contribution in [1.29, 1.82) is 0 Å². The van der Waals surface area contributed by atoms with Crippen LogP contribution in [0, 0.1) is 6.92 Å². The van der Waals surface area contributed by atoms with E-state index in [0.717, 1.165) is 0 Å². The molecule has 9 heteroatoms. The van der Waals surface area contributed by atoms with E-state index in [-0.39, 0.29) is 42.6 Å². The van der Waals surface area contributed by atoms with Gasteiger partial charge >= 0.3 is 0 Å². The van der Waals surface area contributed by atoms with Crippen molar-refractivity contribution >= 4 is 68.3 Å². The zero-order valence-corrected chi connectivity index (χ0v) is 14.2. The van der Waals surface area contributed by atoms with Crippen molar-refractivity contribution < 1.29 is 19.7 Å². The summed E-state index contributed by atoms with van der Waals surface area (Å²) in [7, 11) is 0. The van der Waals surface area contributed by atoms with Crippen molar-refractivity contribution in [2.45, 2.75) is 6.92 Å². The summed E-state index contributed by atoms with van der Waals surface area (Å²) in [6, 6.07) is 0. The summed E-state index contributed by atoms with van der Waals surface area (Å²) in [4.78, 5) is 12.7. The van der Waals surface area contributed by atoms with Crippen LogP contribution in [0.25, 0.3) is 21.9 Å². The van der Waals surface area contributed by atoms with Crippen LogP contribution >= 0.6 is 46.4 Å². The molecule has 0 bridgehead atoms. The lowest BCUT2D eigenvalue weighted by atomic mass is 10.1. The van der Waals surface area contributed by atoms with E-state index < -0.39 is 27.7 Å². The van der Waals surface area contributed by atoms with E-state index in [4.69, 9.17) is 50.8 Å². The second-order valence-corrected chi connectivity index (χ2v) is 6.28. The number of hydrogen-bond acceptors (Lipinski definition) is 5. The first-order valence-corrected chi connectivity index (χ1v) is 7.55. The molecule has 0 aliphatic rings. The minimum Gasteiger partial charge on any atom is -0.505 e. The highest BCUT2D eigenvalue weighted by molar-refractivity contribution is 6.43. The Labute approximate surface area is 148 Å². The molecule has 3 aromatic rings. The van der Waals surface area contributed by atoms with Crippen molar-refractivity contribution in [2.75, 3.05) is 0 Å². The van der Waals surface area contributed by atoms with Gasteiger partial charge in [-0.25, -0.2) is 0 Å². The van der Waals surface area contributed by atoms with Crippen LogP contribution in [0.1, 0.15) is 5.56 Å². The highest BCUT2D eigenvalue weighted by atomic mass is 35.5. The Balaban J connectivity index is 2.77. The number of hydrogen-bond donors (Lipinski definition) is 3. The van der Waals surface area contributed by atoms with Gasteiger partial charge in [0.15, 0.2) is 28.4 Å². The fourth-order valence-electron chi connectivity index (χ4n) is 2.32. The lowest BCUT2D eigenvalue weighted by Gasteiger charge is -2.12. The molecule has 1 heterocycles. The molecular weight excluding hydrogens is 390 g/mol. The SMILES string of the molecule is Cc1c(Cl)c(O)c(Cl)c2oc3c(Cl)c(O)c(Cl)c(O)c3c(=O)c12. The fraction of sp³-hybridized carbons (Fsp3) is 0.0714. The molecule has 2 aromatic carbocycles. The zero-order valence-electron chi connectivity index (χ0n) is 11.2.